The minimum absolute atomic E-state index is 0.301. The summed E-state index contributed by atoms with van der Waals surface area (Å²) in [6, 6.07) is 0. The number of thioether (sulfide) groups is 2. The Morgan fingerprint density at radius 1 is 1.00 bits per heavy atom. The van der Waals surface area contributed by atoms with Gasteiger partial charge in [-0.1, -0.05) is 25.5 Å². The van der Waals surface area contributed by atoms with Gasteiger partial charge in [0, 0.05) is 5.92 Å². The zero-order chi connectivity index (χ0) is 18.9. The fourth-order valence-electron chi connectivity index (χ4n) is 8.17. The van der Waals surface area contributed by atoms with Crippen LogP contribution >= 0.6 is 23.5 Å². The van der Waals surface area contributed by atoms with Crippen molar-refractivity contribution in [2.45, 2.75) is 82.6 Å². The maximum Gasteiger partial charge on any atom is 0.133 e. The lowest BCUT2D eigenvalue weighted by atomic mass is 9.46. The highest BCUT2D eigenvalue weighted by Crippen LogP contribution is 2.68. The van der Waals surface area contributed by atoms with Crippen LogP contribution in [0.25, 0.3) is 0 Å². The largest absolute Gasteiger partial charge is 0.300 e. The van der Waals surface area contributed by atoms with Crippen LogP contribution in [0.15, 0.2) is 11.6 Å². The van der Waals surface area contributed by atoms with Crippen molar-refractivity contribution in [2.24, 2.45) is 34.5 Å². The summed E-state index contributed by atoms with van der Waals surface area (Å²) < 4.78 is 0.413. The van der Waals surface area contributed by atoms with Crippen LogP contribution in [0.4, 0.5) is 0 Å². The van der Waals surface area contributed by atoms with Gasteiger partial charge < -0.3 is 0 Å². The van der Waals surface area contributed by atoms with E-state index < -0.39 is 0 Å². The molecule has 0 amide bonds. The molecule has 27 heavy (non-hydrogen) atoms. The van der Waals surface area contributed by atoms with Crippen LogP contribution in [-0.2, 0) is 4.79 Å². The summed E-state index contributed by atoms with van der Waals surface area (Å²) in [4.78, 5) is 12.3. The molecule has 0 aromatic rings. The molecule has 1 heterocycles. The van der Waals surface area contributed by atoms with Gasteiger partial charge in [-0.3, -0.25) is 4.79 Å². The highest BCUT2D eigenvalue weighted by molar-refractivity contribution is 8.19. The molecule has 3 heteroatoms. The zero-order valence-corrected chi connectivity index (χ0v) is 19.0. The van der Waals surface area contributed by atoms with E-state index in [4.69, 9.17) is 0 Å². The van der Waals surface area contributed by atoms with Gasteiger partial charge in [0.25, 0.3) is 0 Å². The Kier molecular flexibility index (Phi) is 4.64. The van der Waals surface area contributed by atoms with Crippen LogP contribution < -0.4 is 0 Å². The number of hydrogen-bond donors (Lipinski definition) is 0. The second-order valence-electron chi connectivity index (χ2n) is 10.6. The topological polar surface area (TPSA) is 17.1 Å². The van der Waals surface area contributed by atoms with Crippen LogP contribution in [0, 0.1) is 34.5 Å². The van der Waals surface area contributed by atoms with Crippen molar-refractivity contribution in [2.75, 3.05) is 11.5 Å². The lowest BCUT2D eigenvalue weighted by Gasteiger charge is -2.59. The van der Waals surface area contributed by atoms with E-state index in [9.17, 15) is 4.79 Å². The quantitative estimate of drug-likeness (QED) is 0.451. The van der Waals surface area contributed by atoms with E-state index in [2.05, 4.69) is 43.4 Å². The molecule has 4 aliphatic carbocycles. The van der Waals surface area contributed by atoms with E-state index in [1.807, 2.05) is 12.5 Å². The summed E-state index contributed by atoms with van der Waals surface area (Å²) in [5.41, 5.74) is 2.57. The first-order valence-corrected chi connectivity index (χ1v) is 13.4. The minimum atomic E-state index is 0.301. The van der Waals surface area contributed by atoms with Crippen LogP contribution in [0.3, 0.4) is 0 Å². The van der Waals surface area contributed by atoms with Gasteiger partial charge in [-0.25, -0.2) is 0 Å². The van der Waals surface area contributed by atoms with Crippen molar-refractivity contribution in [3.8, 4) is 0 Å². The summed E-state index contributed by atoms with van der Waals surface area (Å²) in [6.45, 7) is 6.96. The van der Waals surface area contributed by atoms with Crippen molar-refractivity contribution in [1.82, 2.24) is 0 Å². The highest BCUT2D eigenvalue weighted by atomic mass is 32.2. The van der Waals surface area contributed by atoms with Crippen LogP contribution in [0.5, 0.6) is 0 Å². The fraction of sp³-hybridized carbons (Fsp3) is 0.875. The first kappa shape index (κ1) is 19.1. The molecule has 1 aliphatic heterocycles. The summed E-state index contributed by atoms with van der Waals surface area (Å²) in [5.74, 6) is 6.06. The molecule has 6 atom stereocenters. The third kappa shape index (κ3) is 2.76. The third-order valence-electron chi connectivity index (χ3n) is 9.60. The van der Waals surface area contributed by atoms with E-state index in [0.717, 1.165) is 24.2 Å². The van der Waals surface area contributed by atoms with Gasteiger partial charge in [0.1, 0.15) is 5.78 Å². The van der Waals surface area contributed by atoms with Gasteiger partial charge in [0.15, 0.2) is 0 Å². The van der Waals surface area contributed by atoms with Gasteiger partial charge in [-0.05, 0) is 105 Å². The summed E-state index contributed by atoms with van der Waals surface area (Å²) in [7, 11) is 0. The van der Waals surface area contributed by atoms with Gasteiger partial charge >= 0.3 is 0 Å². The normalized spacial score (nSPS) is 48.3. The molecule has 1 spiro atoms. The first-order chi connectivity index (χ1) is 12.9. The van der Waals surface area contributed by atoms with Crippen molar-refractivity contribution in [1.29, 1.82) is 0 Å². The average molecular weight is 405 g/mol. The average Bonchev–Trinajstić information content (AvgIpc) is 3.01. The van der Waals surface area contributed by atoms with Crippen molar-refractivity contribution in [3.05, 3.63) is 11.6 Å². The smallest absolute Gasteiger partial charge is 0.133 e. The number of carbonyl (C=O) groups excluding carboxylic acids is 1. The number of allylic oxidation sites excluding steroid dienone is 1. The van der Waals surface area contributed by atoms with E-state index in [1.54, 1.807) is 0 Å². The summed E-state index contributed by atoms with van der Waals surface area (Å²) >= 11 is 4.48. The van der Waals surface area contributed by atoms with Gasteiger partial charge in [0.2, 0.25) is 0 Å². The van der Waals surface area contributed by atoms with Crippen molar-refractivity contribution in [3.63, 3.8) is 0 Å². The molecule has 0 N–H and O–H groups in total. The predicted octanol–water partition coefficient (Wildman–Crippen LogP) is 6.72. The number of rotatable bonds is 1. The zero-order valence-electron chi connectivity index (χ0n) is 17.4. The number of ketones is 1. The van der Waals surface area contributed by atoms with E-state index in [-0.39, 0.29) is 0 Å². The van der Waals surface area contributed by atoms with Gasteiger partial charge in [-0.15, -0.1) is 23.5 Å². The molecule has 0 aromatic heterocycles. The maximum atomic E-state index is 12.3. The lowest BCUT2D eigenvalue weighted by molar-refractivity contribution is -0.127. The Labute approximate surface area is 174 Å². The van der Waals surface area contributed by atoms with E-state index >= 15 is 0 Å². The molecule has 1 nitrogen and oxygen atoms in total. The van der Waals surface area contributed by atoms with Crippen molar-refractivity contribution < 1.29 is 4.79 Å². The Hall–Kier alpha value is 0.110. The van der Waals surface area contributed by atoms with E-state index in [0.29, 0.717) is 26.6 Å². The third-order valence-corrected chi connectivity index (χ3v) is 12.9. The molecule has 4 fully saturated rings. The molecule has 5 rings (SSSR count). The highest BCUT2D eigenvalue weighted by Gasteiger charge is 2.60. The summed E-state index contributed by atoms with van der Waals surface area (Å²) in [6.07, 6.45) is 14.8. The van der Waals surface area contributed by atoms with Crippen LogP contribution in [0.1, 0.15) is 78.6 Å². The molecule has 150 valence electrons. The molecule has 0 unspecified atom stereocenters. The molecule has 3 saturated carbocycles. The maximum absolute atomic E-state index is 12.3. The summed E-state index contributed by atoms with van der Waals surface area (Å²) in [5, 5.41) is 0. The molecule has 0 radical (unpaired) electrons. The molecule has 5 aliphatic rings. The lowest BCUT2D eigenvalue weighted by Crippen LogP contribution is -2.51. The van der Waals surface area contributed by atoms with Crippen LogP contribution in [0.2, 0.25) is 0 Å². The number of hydrogen-bond acceptors (Lipinski definition) is 3. The standard InChI is InChI=1S/C24H36OS2/c1-16(25)19-7-8-20-18-6-5-17-15-24(26-13-4-14-27-24)12-11-22(17,2)21(18)9-10-23(19,20)3/h15,18-21H,4-14H2,1-3H3/t18-,19+,20-,21-,22-,23+/m0/s1. The molecular weight excluding hydrogens is 368 g/mol. The van der Waals surface area contributed by atoms with Gasteiger partial charge in [0.05, 0.1) is 4.08 Å². The van der Waals surface area contributed by atoms with Gasteiger partial charge in [-0.2, -0.15) is 0 Å². The predicted molar refractivity (Wildman–Crippen MR) is 118 cm³/mol. The minimum Gasteiger partial charge on any atom is -0.300 e. The number of fused-ring (bicyclic) bond motifs is 5. The SMILES string of the molecule is CC(=O)[C@H]1CC[C@H]2[C@@H]3CCC4=CC5(CC[C@]4(C)[C@H]3CC[C@]12C)SCCCS5. The Balaban J connectivity index is 1.44. The Morgan fingerprint density at radius 2 is 1.78 bits per heavy atom. The second kappa shape index (κ2) is 6.56. The number of Topliss-reactive ketones (excluding diaryl/α,β-unsaturated/α-hetero) is 1. The van der Waals surface area contributed by atoms with Crippen LogP contribution in [-0.4, -0.2) is 21.4 Å². The molecule has 1 saturated heterocycles. The second-order valence-corrected chi connectivity index (χ2v) is 13.8. The van der Waals surface area contributed by atoms with Crippen molar-refractivity contribution >= 4 is 29.3 Å². The van der Waals surface area contributed by atoms with E-state index in [1.165, 1.54) is 62.9 Å². The monoisotopic (exact) mass is 404 g/mol. The molecule has 0 bridgehead atoms. The number of carbonyl (C=O) groups is 1. The molecular formula is C24H36OS2. The Bertz CT molecular complexity index is 663. The molecule has 0 aromatic carbocycles. The Morgan fingerprint density at radius 3 is 2.52 bits per heavy atom. The fourth-order valence-corrected chi connectivity index (χ4v) is 11.4. The first-order valence-electron chi connectivity index (χ1n) is 11.4.